The summed E-state index contributed by atoms with van der Waals surface area (Å²) in [6.07, 6.45) is 4.37. The van der Waals surface area contributed by atoms with Gasteiger partial charge in [0.25, 0.3) is 0 Å². The molecule has 0 radical (unpaired) electrons. The summed E-state index contributed by atoms with van der Waals surface area (Å²) in [4.78, 5) is 37.9. The van der Waals surface area contributed by atoms with Crippen molar-refractivity contribution in [1.29, 1.82) is 0 Å². The van der Waals surface area contributed by atoms with E-state index in [1.54, 1.807) is 26.8 Å². The fourth-order valence-electron chi connectivity index (χ4n) is 7.57. The number of rotatable bonds is 4. The monoisotopic (exact) mass is 466 g/mol. The van der Waals surface area contributed by atoms with Gasteiger partial charge >= 0.3 is 5.97 Å². The first-order valence-corrected chi connectivity index (χ1v) is 12.1. The molecular weight excluding hydrogens is 435 g/mol. The molecule has 4 rings (SSSR count). The number of aliphatic hydroxyl groups is 1. The fourth-order valence-corrected chi connectivity index (χ4v) is 7.81. The summed E-state index contributed by atoms with van der Waals surface area (Å²) >= 11 is 6.08. The van der Waals surface area contributed by atoms with Gasteiger partial charge in [-0.2, -0.15) is 0 Å². The van der Waals surface area contributed by atoms with Crippen molar-refractivity contribution < 1.29 is 28.6 Å². The third kappa shape index (κ3) is 2.68. The lowest BCUT2D eigenvalue weighted by molar-refractivity contribution is -0.226. The molecule has 176 valence electrons. The molecule has 5 nitrogen and oxygen atoms in total. The van der Waals surface area contributed by atoms with E-state index in [0.29, 0.717) is 24.8 Å². The minimum atomic E-state index is -2.05. The van der Waals surface area contributed by atoms with Gasteiger partial charge in [-0.25, -0.2) is 4.39 Å². The van der Waals surface area contributed by atoms with Crippen LogP contribution in [0.2, 0.25) is 0 Å². The van der Waals surface area contributed by atoms with Gasteiger partial charge in [0.2, 0.25) is 0 Å². The maximum atomic E-state index is 17.2. The SMILES string of the molecule is CCC(=O)O[C@]1(C)[C@@H](C)C[C@H]2[C@@H]3CCC4=CC(=O)C=C[C@]4(C)[C@@]3(F)[C@@H](O)C[C@@]21C(=O)CCl. The molecule has 0 aromatic rings. The van der Waals surface area contributed by atoms with Crippen LogP contribution in [-0.2, 0) is 19.1 Å². The van der Waals surface area contributed by atoms with Crippen molar-refractivity contribution in [3.63, 3.8) is 0 Å². The van der Waals surface area contributed by atoms with Crippen LogP contribution < -0.4 is 0 Å². The zero-order valence-electron chi connectivity index (χ0n) is 19.1. The Labute approximate surface area is 193 Å². The Balaban J connectivity index is 1.88. The number of alkyl halides is 2. The van der Waals surface area contributed by atoms with Gasteiger partial charge in [-0.3, -0.25) is 14.4 Å². The van der Waals surface area contributed by atoms with Crippen LogP contribution in [0.3, 0.4) is 0 Å². The van der Waals surface area contributed by atoms with Gasteiger partial charge in [-0.05, 0) is 63.5 Å². The van der Waals surface area contributed by atoms with Gasteiger partial charge in [0.05, 0.1) is 17.4 Å². The van der Waals surface area contributed by atoms with Gasteiger partial charge in [-0.1, -0.05) is 25.5 Å². The first kappa shape index (κ1) is 23.6. The molecule has 0 amide bonds. The highest BCUT2D eigenvalue weighted by molar-refractivity contribution is 6.28. The zero-order valence-corrected chi connectivity index (χ0v) is 19.9. The van der Waals surface area contributed by atoms with E-state index in [2.05, 4.69) is 0 Å². The van der Waals surface area contributed by atoms with Crippen LogP contribution >= 0.6 is 11.6 Å². The third-order valence-corrected chi connectivity index (χ3v) is 9.65. The molecule has 4 aliphatic rings. The van der Waals surface area contributed by atoms with E-state index < -0.39 is 46.0 Å². The zero-order chi connectivity index (χ0) is 23.7. The average molecular weight is 467 g/mol. The molecule has 3 saturated carbocycles. The summed E-state index contributed by atoms with van der Waals surface area (Å²) in [6.45, 7) is 7.10. The van der Waals surface area contributed by atoms with Crippen molar-refractivity contribution in [2.75, 3.05) is 5.88 Å². The Hall–Kier alpha value is -1.53. The Morgan fingerprint density at radius 3 is 2.62 bits per heavy atom. The number of carbonyl (C=O) groups excluding carboxylic acids is 3. The molecule has 32 heavy (non-hydrogen) atoms. The second kappa shape index (κ2) is 7.49. The molecular formula is C25H32ClFO5. The number of aliphatic hydroxyl groups excluding tert-OH is 1. The Morgan fingerprint density at radius 1 is 1.31 bits per heavy atom. The number of Topliss-reactive ketones (excluding diaryl/α,β-unsaturated/α-hetero) is 1. The number of hydrogen-bond acceptors (Lipinski definition) is 5. The molecule has 0 bridgehead atoms. The van der Waals surface area contributed by atoms with Crippen LogP contribution in [-0.4, -0.2) is 45.9 Å². The first-order chi connectivity index (χ1) is 14.9. The molecule has 7 heteroatoms. The van der Waals surface area contributed by atoms with E-state index in [4.69, 9.17) is 16.3 Å². The third-order valence-electron chi connectivity index (χ3n) is 9.41. The minimum absolute atomic E-state index is 0.155. The number of allylic oxidation sites excluding steroid dienone is 4. The lowest BCUT2D eigenvalue weighted by Crippen LogP contribution is -2.70. The summed E-state index contributed by atoms with van der Waals surface area (Å²) in [7, 11) is 0. The van der Waals surface area contributed by atoms with Crippen LogP contribution in [0, 0.1) is 28.6 Å². The Morgan fingerprint density at radius 2 is 2.00 bits per heavy atom. The van der Waals surface area contributed by atoms with Crippen LogP contribution in [0.25, 0.3) is 0 Å². The maximum absolute atomic E-state index is 17.2. The Kier molecular flexibility index (Phi) is 5.53. The molecule has 0 heterocycles. The molecule has 4 aliphatic carbocycles. The van der Waals surface area contributed by atoms with Crippen molar-refractivity contribution in [3.8, 4) is 0 Å². The lowest BCUT2D eigenvalue weighted by Gasteiger charge is -2.62. The molecule has 0 aliphatic heterocycles. The predicted molar refractivity (Wildman–Crippen MR) is 118 cm³/mol. The molecule has 1 N–H and O–H groups in total. The van der Waals surface area contributed by atoms with Crippen LogP contribution in [0.5, 0.6) is 0 Å². The summed E-state index contributed by atoms with van der Waals surface area (Å²) in [5.74, 6) is -2.48. The van der Waals surface area contributed by atoms with E-state index in [9.17, 15) is 19.5 Å². The normalized spacial score (nSPS) is 47.2. The van der Waals surface area contributed by atoms with Crippen molar-refractivity contribution in [1.82, 2.24) is 0 Å². The number of carbonyl (C=O) groups is 3. The van der Waals surface area contributed by atoms with Crippen molar-refractivity contribution >= 4 is 29.1 Å². The number of esters is 1. The van der Waals surface area contributed by atoms with Gasteiger partial charge in [0, 0.05) is 17.8 Å². The van der Waals surface area contributed by atoms with E-state index in [-0.39, 0.29) is 36.2 Å². The molecule has 8 atom stereocenters. The van der Waals surface area contributed by atoms with Gasteiger partial charge in [0.15, 0.2) is 17.2 Å². The highest BCUT2D eigenvalue weighted by Crippen LogP contribution is 2.71. The molecule has 0 saturated heterocycles. The molecule has 3 fully saturated rings. The smallest absolute Gasteiger partial charge is 0.306 e. The molecule has 0 aromatic heterocycles. The van der Waals surface area contributed by atoms with Crippen LogP contribution in [0.1, 0.15) is 59.8 Å². The summed E-state index contributed by atoms with van der Waals surface area (Å²) in [5.41, 5.74) is -4.94. The largest absolute Gasteiger partial charge is 0.458 e. The van der Waals surface area contributed by atoms with E-state index in [1.165, 1.54) is 12.2 Å². The summed E-state index contributed by atoms with van der Waals surface area (Å²) < 4.78 is 23.2. The average Bonchev–Trinajstić information content (AvgIpc) is 2.96. The van der Waals surface area contributed by atoms with Gasteiger partial charge < -0.3 is 9.84 Å². The highest BCUT2D eigenvalue weighted by atomic mass is 35.5. The number of ketones is 2. The summed E-state index contributed by atoms with van der Waals surface area (Å²) in [5, 5.41) is 11.4. The lowest BCUT2D eigenvalue weighted by atomic mass is 9.44. The van der Waals surface area contributed by atoms with Gasteiger partial charge in [0.1, 0.15) is 5.60 Å². The topological polar surface area (TPSA) is 80.7 Å². The van der Waals surface area contributed by atoms with Crippen molar-refractivity contribution in [3.05, 3.63) is 23.8 Å². The second-order valence-corrected chi connectivity index (χ2v) is 10.7. The highest BCUT2D eigenvalue weighted by Gasteiger charge is 2.77. The van der Waals surface area contributed by atoms with Crippen LogP contribution in [0.15, 0.2) is 23.8 Å². The number of halogens is 2. The molecule has 0 unspecified atom stereocenters. The van der Waals surface area contributed by atoms with Crippen LogP contribution in [0.4, 0.5) is 4.39 Å². The van der Waals surface area contributed by atoms with E-state index in [1.807, 2.05) is 6.92 Å². The summed E-state index contributed by atoms with van der Waals surface area (Å²) in [6, 6.07) is 0. The fraction of sp³-hybridized carbons (Fsp3) is 0.720. The standard InChI is InChI=1S/C25H32ClFO5/c1-5-21(31)32-23(4)14(2)10-18-17-7-6-15-11-16(28)8-9-22(15,3)25(17,27)19(29)12-24(18,23)20(30)13-26/h8-9,11,14,17-19,29H,5-7,10,12-13H2,1-4H3/t14-,17-,18-,19-,22-,23+,24-,25-/m0/s1. The van der Waals surface area contributed by atoms with Crippen molar-refractivity contribution in [2.45, 2.75) is 77.2 Å². The first-order valence-electron chi connectivity index (χ1n) is 11.5. The number of fused-ring (bicyclic) bond motifs is 5. The predicted octanol–water partition coefficient (Wildman–Crippen LogP) is 4.10. The minimum Gasteiger partial charge on any atom is -0.458 e. The molecule has 0 aromatic carbocycles. The second-order valence-electron chi connectivity index (χ2n) is 10.4. The van der Waals surface area contributed by atoms with E-state index in [0.717, 1.165) is 0 Å². The quantitative estimate of drug-likeness (QED) is 0.498. The number of hydrogen-bond donors (Lipinski definition) is 1. The molecule has 0 spiro atoms. The van der Waals surface area contributed by atoms with E-state index >= 15 is 4.39 Å². The Bertz CT molecular complexity index is 929. The number of ether oxygens (including phenoxy) is 1. The van der Waals surface area contributed by atoms with Crippen molar-refractivity contribution in [2.24, 2.45) is 28.6 Å². The maximum Gasteiger partial charge on any atom is 0.306 e. The van der Waals surface area contributed by atoms with Gasteiger partial charge in [-0.15, -0.1) is 11.6 Å².